The van der Waals surface area contributed by atoms with Crippen molar-refractivity contribution >= 4 is 23.1 Å². The molecule has 1 amide bonds. The fourth-order valence-electron chi connectivity index (χ4n) is 4.21. The van der Waals surface area contributed by atoms with Crippen molar-refractivity contribution in [2.75, 3.05) is 19.6 Å². The standard InChI is InChI=1S/C24H29ClFN5O2/c1-4-7-28-16-9-17(10-16)33-21-8-15(26)5-6-18(21)24(32)31-11-19(20(27)12-31)23-29-13(2)22(25)14(3)30-23/h5-6,8,16-17,28H,4,7,9-12,27H2,1-3H3/p+1. The van der Waals surface area contributed by atoms with Gasteiger partial charge in [0.1, 0.15) is 28.4 Å². The lowest BCUT2D eigenvalue weighted by Gasteiger charge is -2.36. The van der Waals surface area contributed by atoms with E-state index < -0.39 is 5.82 Å². The van der Waals surface area contributed by atoms with Gasteiger partial charge in [-0.05, 0) is 49.8 Å². The number of hydrogen-bond acceptors (Lipinski definition) is 5. The Bertz CT molecular complexity index is 1080. The van der Waals surface area contributed by atoms with Gasteiger partial charge < -0.3 is 20.7 Å². The molecule has 1 aliphatic carbocycles. The summed E-state index contributed by atoms with van der Waals surface area (Å²) in [4.78, 5) is 22.6. The van der Waals surface area contributed by atoms with Crippen molar-refractivity contribution in [3.8, 4) is 5.75 Å². The normalized spacial score (nSPS) is 20.2. The lowest BCUT2D eigenvalue weighted by Crippen LogP contribution is -2.47. The maximum absolute atomic E-state index is 14.0. The van der Waals surface area contributed by atoms with Gasteiger partial charge in [0.2, 0.25) is 0 Å². The second kappa shape index (κ2) is 9.65. The molecular weight excluding hydrogens is 445 g/mol. The first kappa shape index (κ1) is 23.4. The molecule has 176 valence electrons. The number of aromatic nitrogens is 2. The van der Waals surface area contributed by atoms with Crippen LogP contribution < -0.4 is 20.8 Å². The van der Waals surface area contributed by atoms with Crippen molar-refractivity contribution < 1.29 is 18.9 Å². The van der Waals surface area contributed by atoms with Gasteiger partial charge >= 0.3 is 5.82 Å². The number of aryl methyl sites for hydroxylation is 2. The van der Waals surface area contributed by atoms with Gasteiger partial charge in [-0.25, -0.2) is 9.37 Å². The molecule has 4 rings (SSSR count). The van der Waals surface area contributed by atoms with Crippen LogP contribution in [0.4, 0.5) is 4.39 Å². The number of nitrogens with two attached hydrogens (primary N) is 1. The molecule has 0 bridgehead atoms. The molecule has 4 N–H and O–H groups in total. The summed E-state index contributed by atoms with van der Waals surface area (Å²) in [6.45, 7) is 7.32. The van der Waals surface area contributed by atoms with Crippen LogP contribution in [0.3, 0.4) is 0 Å². The Kier molecular flexibility index (Phi) is 6.86. The molecule has 1 aromatic carbocycles. The number of H-pyrrole nitrogens is 1. The third-order valence-electron chi connectivity index (χ3n) is 6.15. The van der Waals surface area contributed by atoms with Crippen LogP contribution in [0, 0.1) is 19.7 Å². The van der Waals surface area contributed by atoms with Gasteiger partial charge in [0.05, 0.1) is 24.2 Å². The van der Waals surface area contributed by atoms with Gasteiger partial charge in [-0.3, -0.25) is 4.79 Å². The molecule has 2 heterocycles. The van der Waals surface area contributed by atoms with Gasteiger partial charge in [0.25, 0.3) is 5.91 Å². The number of nitrogens with zero attached hydrogens (tertiary/aromatic N) is 2. The maximum Gasteiger partial charge on any atom is 0.328 e. The average Bonchev–Trinajstić information content (AvgIpc) is 3.14. The molecule has 2 aromatic rings. The Balaban J connectivity index is 1.48. The van der Waals surface area contributed by atoms with E-state index in [4.69, 9.17) is 22.1 Å². The Labute approximate surface area is 198 Å². The van der Waals surface area contributed by atoms with E-state index in [-0.39, 0.29) is 30.9 Å². The van der Waals surface area contributed by atoms with E-state index in [1.807, 2.05) is 13.8 Å². The van der Waals surface area contributed by atoms with Gasteiger partial charge in [0.15, 0.2) is 5.69 Å². The lowest BCUT2D eigenvalue weighted by atomic mass is 9.89. The van der Waals surface area contributed by atoms with Crippen molar-refractivity contribution in [3.63, 3.8) is 0 Å². The van der Waals surface area contributed by atoms with E-state index in [9.17, 15) is 9.18 Å². The monoisotopic (exact) mass is 474 g/mol. The number of benzene rings is 1. The molecule has 1 aromatic heterocycles. The molecule has 1 fully saturated rings. The molecule has 33 heavy (non-hydrogen) atoms. The van der Waals surface area contributed by atoms with Crippen molar-refractivity contribution in [1.29, 1.82) is 0 Å². The maximum atomic E-state index is 14.0. The molecule has 0 radical (unpaired) electrons. The molecule has 0 atom stereocenters. The van der Waals surface area contributed by atoms with Gasteiger partial charge in [0, 0.05) is 24.7 Å². The summed E-state index contributed by atoms with van der Waals surface area (Å²) in [6, 6.07) is 4.45. The molecule has 9 heteroatoms. The van der Waals surface area contributed by atoms with Crippen LogP contribution >= 0.6 is 11.6 Å². The van der Waals surface area contributed by atoms with Crippen molar-refractivity contribution in [1.82, 2.24) is 15.2 Å². The molecule has 7 nitrogen and oxygen atoms in total. The third-order valence-corrected chi connectivity index (χ3v) is 6.71. The predicted octanol–water partition coefficient (Wildman–Crippen LogP) is 3.04. The summed E-state index contributed by atoms with van der Waals surface area (Å²) in [5.41, 5.74) is 9.39. The topological polar surface area (TPSA) is 94.6 Å². The minimum absolute atomic E-state index is 0.0381. The fourth-order valence-corrected chi connectivity index (χ4v) is 4.30. The second-order valence-electron chi connectivity index (χ2n) is 8.78. The summed E-state index contributed by atoms with van der Waals surface area (Å²) in [5, 5.41) is 4.02. The van der Waals surface area contributed by atoms with E-state index in [1.165, 1.54) is 18.2 Å². The number of nitrogens with one attached hydrogen (secondary N) is 2. The van der Waals surface area contributed by atoms with Crippen molar-refractivity contribution in [2.24, 2.45) is 5.73 Å². The highest BCUT2D eigenvalue weighted by Crippen LogP contribution is 2.31. The SMILES string of the molecule is CCCNC1CC(Oc2cc(F)ccc2C(=O)N2CC(N)=C(c3nc(C)c(Cl)c(C)[nH+]3)C2)C1. The zero-order chi connectivity index (χ0) is 23.7. The Hall–Kier alpha value is -2.71. The van der Waals surface area contributed by atoms with Crippen LogP contribution in [-0.2, 0) is 0 Å². The molecular formula is C24H30ClFN5O2+. The fraction of sp³-hybridized carbons (Fsp3) is 0.458. The van der Waals surface area contributed by atoms with E-state index in [0.717, 1.165) is 37.1 Å². The quantitative estimate of drug-likeness (QED) is 0.643. The first-order valence-electron chi connectivity index (χ1n) is 11.3. The van der Waals surface area contributed by atoms with E-state index in [0.29, 0.717) is 33.8 Å². The highest BCUT2D eigenvalue weighted by molar-refractivity contribution is 6.31. The number of carbonyl (C=O) groups excluding carboxylic acids is 1. The van der Waals surface area contributed by atoms with Crippen LogP contribution in [-0.4, -0.2) is 47.6 Å². The van der Waals surface area contributed by atoms with Gasteiger partial charge in [-0.2, -0.15) is 0 Å². The summed E-state index contributed by atoms with van der Waals surface area (Å²) in [5.74, 6) is 0.171. The number of hydrogen-bond donors (Lipinski definition) is 2. The summed E-state index contributed by atoms with van der Waals surface area (Å²) >= 11 is 6.22. The minimum Gasteiger partial charge on any atom is -0.489 e. The van der Waals surface area contributed by atoms with Crippen LogP contribution in [0.5, 0.6) is 5.75 Å². The average molecular weight is 475 g/mol. The Morgan fingerprint density at radius 2 is 2.12 bits per heavy atom. The van der Waals surface area contributed by atoms with Gasteiger partial charge in [-0.1, -0.05) is 18.5 Å². The highest BCUT2D eigenvalue weighted by Gasteiger charge is 2.34. The Morgan fingerprint density at radius 3 is 2.82 bits per heavy atom. The summed E-state index contributed by atoms with van der Waals surface area (Å²) in [6.07, 6.45) is 2.71. The number of aromatic amines is 1. The first-order chi connectivity index (χ1) is 15.8. The van der Waals surface area contributed by atoms with Crippen molar-refractivity contribution in [3.05, 3.63) is 57.5 Å². The van der Waals surface area contributed by atoms with Crippen molar-refractivity contribution in [2.45, 2.75) is 52.2 Å². The molecule has 0 saturated heterocycles. The number of amides is 1. The molecule has 0 unspecified atom stereocenters. The highest BCUT2D eigenvalue weighted by atomic mass is 35.5. The number of halogens is 2. The van der Waals surface area contributed by atoms with Crippen LogP contribution in [0.25, 0.3) is 5.57 Å². The number of carbonyl (C=O) groups is 1. The predicted molar refractivity (Wildman–Crippen MR) is 124 cm³/mol. The van der Waals surface area contributed by atoms with Crippen LogP contribution in [0.15, 0.2) is 23.9 Å². The molecule has 1 aliphatic heterocycles. The van der Waals surface area contributed by atoms with E-state index in [2.05, 4.69) is 22.2 Å². The van der Waals surface area contributed by atoms with Crippen LogP contribution in [0.2, 0.25) is 5.02 Å². The first-order valence-corrected chi connectivity index (χ1v) is 11.7. The number of rotatable bonds is 7. The number of ether oxygens (including phenoxy) is 1. The lowest BCUT2D eigenvalue weighted by molar-refractivity contribution is -0.396. The zero-order valence-corrected chi connectivity index (χ0v) is 19.9. The van der Waals surface area contributed by atoms with E-state index >= 15 is 0 Å². The molecule has 1 saturated carbocycles. The Morgan fingerprint density at radius 1 is 1.36 bits per heavy atom. The molecule has 0 spiro atoms. The zero-order valence-electron chi connectivity index (χ0n) is 19.2. The molecule has 2 aliphatic rings. The summed E-state index contributed by atoms with van der Waals surface area (Å²) < 4.78 is 20.0. The smallest absolute Gasteiger partial charge is 0.328 e. The van der Waals surface area contributed by atoms with Gasteiger partial charge in [-0.15, -0.1) is 0 Å². The minimum atomic E-state index is -0.438. The van der Waals surface area contributed by atoms with E-state index in [1.54, 1.807) is 4.90 Å². The second-order valence-corrected chi connectivity index (χ2v) is 9.16. The third kappa shape index (κ3) is 4.96. The largest absolute Gasteiger partial charge is 0.489 e. The summed E-state index contributed by atoms with van der Waals surface area (Å²) in [7, 11) is 0. The van der Waals surface area contributed by atoms with Crippen LogP contribution in [0.1, 0.15) is 53.8 Å².